The fourth-order valence-corrected chi connectivity index (χ4v) is 2.94. The van der Waals surface area contributed by atoms with Gasteiger partial charge in [-0.25, -0.2) is 0 Å². The van der Waals surface area contributed by atoms with Crippen LogP contribution < -0.4 is 5.32 Å². The van der Waals surface area contributed by atoms with Gasteiger partial charge in [0.15, 0.2) is 0 Å². The Morgan fingerprint density at radius 2 is 1.94 bits per heavy atom. The summed E-state index contributed by atoms with van der Waals surface area (Å²) in [6.45, 7) is 13.2. The van der Waals surface area contributed by atoms with Gasteiger partial charge in [-0.15, -0.1) is 0 Å². The van der Waals surface area contributed by atoms with Crippen LogP contribution in [-0.4, -0.2) is 36.6 Å². The van der Waals surface area contributed by atoms with Crippen LogP contribution in [0.4, 0.5) is 0 Å². The highest BCUT2D eigenvalue weighted by Crippen LogP contribution is 2.22. The molecule has 3 heteroatoms. The van der Waals surface area contributed by atoms with Crippen LogP contribution in [0.25, 0.3) is 0 Å². The van der Waals surface area contributed by atoms with Gasteiger partial charge < -0.3 is 4.90 Å². The van der Waals surface area contributed by atoms with Gasteiger partial charge in [-0.05, 0) is 44.6 Å². The lowest BCUT2D eigenvalue weighted by Gasteiger charge is -2.36. The number of rotatable bonds is 6. The topological polar surface area (TPSA) is 39.1 Å². The molecule has 3 nitrogen and oxygen atoms in total. The largest absolute Gasteiger partial charge is 0.303 e. The molecule has 1 fully saturated rings. The van der Waals surface area contributed by atoms with Gasteiger partial charge in [-0.1, -0.05) is 20.8 Å². The molecule has 0 aromatic rings. The van der Waals surface area contributed by atoms with E-state index in [0.717, 1.165) is 37.8 Å². The summed E-state index contributed by atoms with van der Waals surface area (Å²) in [5.41, 5.74) is -0.361. The fraction of sp³-hybridized carbons (Fsp3) is 0.933. The third-order valence-electron chi connectivity index (χ3n) is 3.88. The highest BCUT2D eigenvalue weighted by atomic mass is 15.1. The molecule has 0 aromatic carbocycles. The molecule has 0 aliphatic carbocycles. The van der Waals surface area contributed by atoms with Gasteiger partial charge in [0.05, 0.1) is 6.07 Å². The van der Waals surface area contributed by atoms with Gasteiger partial charge in [-0.2, -0.15) is 5.26 Å². The van der Waals surface area contributed by atoms with Crippen molar-refractivity contribution in [1.29, 1.82) is 5.26 Å². The highest BCUT2D eigenvalue weighted by molar-refractivity contribution is 5.04. The van der Waals surface area contributed by atoms with Crippen molar-refractivity contribution in [3.8, 4) is 6.07 Å². The highest BCUT2D eigenvalue weighted by Gasteiger charge is 2.26. The monoisotopic (exact) mass is 251 g/mol. The summed E-state index contributed by atoms with van der Waals surface area (Å²) in [5.74, 6) is 1.59. The molecule has 1 aliphatic rings. The molecule has 1 saturated heterocycles. The lowest BCUT2D eigenvalue weighted by Crippen LogP contribution is -2.46. The summed E-state index contributed by atoms with van der Waals surface area (Å²) in [7, 11) is 0. The van der Waals surface area contributed by atoms with Gasteiger partial charge in [0, 0.05) is 19.6 Å². The second-order valence-corrected chi connectivity index (χ2v) is 6.33. The van der Waals surface area contributed by atoms with Crippen LogP contribution in [0.2, 0.25) is 0 Å². The molecule has 0 aromatic heterocycles. The zero-order valence-corrected chi connectivity index (χ0v) is 12.5. The second kappa shape index (κ2) is 7.11. The Bertz CT molecular complexity index is 274. The van der Waals surface area contributed by atoms with E-state index in [-0.39, 0.29) is 5.54 Å². The summed E-state index contributed by atoms with van der Waals surface area (Å²) in [4.78, 5) is 2.53. The summed E-state index contributed by atoms with van der Waals surface area (Å²) in [6.07, 6.45) is 3.35. The van der Waals surface area contributed by atoms with Gasteiger partial charge in [-0.3, -0.25) is 5.32 Å². The van der Waals surface area contributed by atoms with Gasteiger partial charge in [0.25, 0.3) is 0 Å². The van der Waals surface area contributed by atoms with Crippen LogP contribution in [0.5, 0.6) is 0 Å². The van der Waals surface area contributed by atoms with Gasteiger partial charge >= 0.3 is 0 Å². The molecule has 0 saturated carbocycles. The van der Waals surface area contributed by atoms with Crippen LogP contribution in [0.3, 0.4) is 0 Å². The normalized spacial score (nSPS) is 28.6. The van der Waals surface area contributed by atoms with E-state index in [1.54, 1.807) is 0 Å². The molecule has 1 aliphatic heterocycles. The molecule has 0 spiro atoms. The van der Waals surface area contributed by atoms with Crippen LogP contribution in [-0.2, 0) is 0 Å². The molecular weight excluding hydrogens is 222 g/mol. The molecule has 1 N–H and O–H groups in total. The van der Waals surface area contributed by atoms with Crippen molar-refractivity contribution in [3.63, 3.8) is 0 Å². The van der Waals surface area contributed by atoms with E-state index in [2.05, 4.69) is 37.1 Å². The minimum atomic E-state index is -0.361. The summed E-state index contributed by atoms with van der Waals surface area (Å²) in [5, 5.41) is 12.7. The first-order valence-corrected chi connectivity index (χ1v) is 7.37. The predicted octanol–water partition coefficient (Wildman–Crippen LogP) is 2.64. The molecule has 104 valence electrons. The average molecular weight is 251 g/mol. The van der Waals surface area contributed by atoms with E-state index >= 15 is 0 Å². The summed E-state index contributed by atoms with van der Waals surface area (Å²) >= 11 is 0. The first-order chi connectivity index (χ1) is 8.49. The lowest BCUT2D eigenvalue weighted by atomic mass is 9.91. The van der Waals surface area contributed by atoms with Crippen LogP contribution >= 0.6 is 0 Å². The van der Waals surface area contributed by atoms with E-state index in [0.29, 0.717) is 0 Å². The molecule has 0 radical (unpaired) electrons. The van der Waals surface area contributed by atoms with Crippen molar-refractivity contribution in [2.24, 2.45) is 11.8 Å². The standard InChI is InChI=1S/C15H29N3/c1-5-7-17-15(4,12-16)6-8-18-10-13(2)9-14(3)11-18/h13-14,17H,5-11H2,1-4H3. The summed E-state index contributed by atoms with van der Waals surface area (Å²) in [6, 6.07) is 2.44. The van der Waals surface area contributed by atoms with E-state index in [1.165, 1.54) is 19.5 Å². The maximum atomic E-state index is 9.31. The molecule has 0 bridgehead atoms. The molecule has 3 unspecified atom stereocenters. The Morgan fingerprint density at radius 3 is 2.44 bits per heavy atom. The maximum absolute atomic E-state index is 9.31. The fourth-order valence-electron chi connectivity index (χ4n) is 2.94. The molecular formula is C15H29N3. The number of piperidine rings is 1. The van der Waals surface area contributed by atoms with E-state index in [1.807, 2.05) is 6.92 Å². The number of nitrogens with one attached hydrogen (secondary N) is 1. The van der Waals surface area contributed by atoms with Crippen LogP contribution in [0.15, 0.2) is 0 Å². The molecule has 18 heavy (non-hydrogen) atoms. The molecule has 0 amide bonds. The number of likely N-dealkylation sites (tertiary alicyclic amines) is 1. The van der Waals surface area contributed by atoms with Crippen molar-refractivity contribution >= 4 is 0 Å². The molecule has 1 rings (SSSR count). The summed E-state index contributed by atoms with van der Waals surface area (Å²) < 4.78 is 0. The Kier molecular flexibility index (Phi) is 6.11. The Balaban J connectivity index is 2.40. The average Bonchev–Trinajstić information content (AvgIpc) is 2.33. The van der Waals surface area contributed by atoms with E-state index < -0.39 is 0 Å². The smallest absolute Gasteiger partial charge is 0.105 e. The molecule has 3 atom stereocenters. The minimum Gasteiger partial charge on any atom is -0.303 e. The minimum absolute atomic E-state index is 0.361. The van der Waals surface area contributed by atoms with Crippen LogP contribution in [0, 0.1) is 23.2 Å². The number of nitrogens with zero attached hydrogens (tertiary/aromatic N) is 2. The second-order valence-electron chi connectivity index (χ2n) is 6.33. The van der Waals surface area contributed by atoms with Crippen LogP contribution in [0.1, 0.15) is 47.0 Å². The van der Waals surface area contributed by atoms with Crippen molar-refractivity contribution in [2.75, 3.05) is 26.2 Å². The van der Waals surface area contributed by atoms with Crippen molar-refractivity contribution in [3.05, 3.63) is 0 Å². The first kappa shape index (κ1) is 15.5. The lowest BCUT2D eigenvalue weighted by molar-refractivity contribution is 0.132. The predicted molar refractivity (Wildman–Crippen MR) is 76.3 cm³/mol. The van der Waals surface area contributed by atoms with E-state index in [9.17, 15) is 5.26 Å². The first-order valence-electron chi connectivity index (χ1n) is 7.37. The number of nitriles is 1. The quantitative estimate of drug-likeness (QED) is 0.789. The van der Waals surface area contributed by atoms with Crippen molar-refractivity contribution < 1.29 is 0 Å². The Labute approximate surface area is 113 Å². The zero-order chi connectivity index (χ0) is 13.6. The van der Waals surface area contributed by atoms with Gasteiger partial charge in [0.1, 0.15) is 5.54 Å². The number of hydrogen-bond donors (Lipinski definition) is 1. The number of hydrogen-bond acceptors (Lipinski definition) is 3. The van der Waals surface area contributed by atoms with Crippen molar-refractivity contribution in [1.82, 2.24) is 10.2 Å². The zero-order valence-electron chi connectivity index (χ0n) is 12.5. The maximum Gasteiger partial charge on any atom is 0.105 e. The Morgan fingerprint density at radius 1 is 1.33 bits per heavy atom. The van der Waals surface area contributed by atoms with Crippen molar-refractivity contribution in [2.45, 2.75) is 52.5 Å². The third kappa shape index (κ3) is 4.96. The van der Waals surface area contributed by atoms with Gasteiger partial charge in [0.2, 0.25) is 0 Å². The third-order valence-corrected chi connectivity index (χ3v) is 3.88. The Hall–Kier alpha value is -0.590. The molecule has 1 heterocycles. The SMILES string of the molecule is CCCNC(C)(C#N)CCN1CC(C)CC(C)C1. The van der Waals surface area contributed by atoms with E-state index in [4.69, 9.17) is 0 Å².